The Morgan fingerprint density at radius 1 is 1.60 bits per heavy atom. The average Bonchev–Trinajstić information content (AvgIpc) is 2.28. The molecule has 4 heteroatoms. The normalized spacial score (nSPS) is 20.9. The highest BCUT2D eigenvalue weighted by molar-refractivity contribution is 5.87. The molecule has 1 heterocycles. The van der Waals surface area contributed by atoms with Gasteiger partial charge >= 0.3 is 5.97 Å². The fourth-order valence-electron chi connectivity index (χ4n) is 1.76. The summed E-state index contributed by atoms with van der Waals surface area (Å²) < 4.78 is 4.94. The second-order valence-corrected chi connectivity index (χ2v) is 3.58. The van der Waals surface area contributed by atoms with Crippen molar-refractivity contribution in [2.45, 2.75) is 19.8 Å². The molecule has 1 fully saturated rings. The molecule has 1 amide bonds. The van der Waals surface area contributed by atoms with Crippen LogP contribution in [0.1, 0.15) is 19.8 Å². The van der Waals surface area contributed by atoms with Crippen molar-refractivity contribution in [3.63, 3.8) is 0 Å². The third-order valence-electron chi connectivity index (χ3n) is 2.53. The van der Waals surface area contributed by atoms with Gasteiger partial charge in [0.15, 0.2) is 0 Å². The minimum absolute atomic E-state index is 0.107. The summed E-state index contributed by atoms with van der Waals surface area (Å²) in [6, 6.07) is 0. The summed E-state index contributed by atoms with van der Waals surface area (Å²) in [7, 11) is 0. The largest absolute Gasteiger partial charge is 0.466 e. The molecule has 1 atom stereocenters. The summed E-state index contributed by atoms with van der Waals surface area (Å²) in [5.74, 6) is -0.467. The van der Waals surface area contributed by atoms with Gasteiger partial charge in [0.2, 0.25) is 5.91 Å². The van der Waals surface area contributed by atoms with Crippen LogP contribution in [0.4, 0.5) is 0 Å². The van der Waals surface area contributed by atoms with E-state index in [1.54, 1.807) is 11.8 Å². The van der Waals surface area contributed by atoms with Crippen LogP contribution in [0.5, 0.6) is 0 Å². The molecule has 0 aromatic carbocycles. The quantitative estimate of drug-likeness (QED) is 0.516. The van der Waals surface area contributed by atoms with Gasteiger partial charge in [0.05, 0.1) is 12.5 Å². The summed E-state index contributed by atoms with van der Waals surface area (Å²) in [4.78, 5) is 24.5. The lowest BCUT2D eigenvalue weighted by atomic mass is 9.98. The maximum atomic E-state index is 11.5. The number of hydrogen-bond acceptors (Lipinski definition) is 3. The van der Waals surface area contributed by atoms with Gasteiger partial charge in [-0.2, -0.15) is 0 Å². The summed E-state index contributed by atoms with van der Waals surface area (Å²) >= 11 is 0. The van der Waals surface area contributed by atoms with E-state index in [-0.39, 0.29) is 17.8 Å². The van der Waals surface area contributed by atoms with Crippen molar-refractivity contribution in [1.82, 2.24) is 4.90 Å². The van der Waals surface area contributed by atoms with Gasteiger partial charge in [0, 0.05) is 13.1 Å². The van der Waals surface area contributed by atoms with Gasteiger partial charge in [-0.15, -0.1) is 0 Å². The van der Waals surface area contributed by atoms with Crippen molar-refractivity contribution in [3.8, 4) is 0 Å². The number of hydrogen-bond donors (Lipinski definition) is 0. The van der Waals surface area contributed by atoms with Crippen LogP contribution in [-0.4, -0.2) is 36.5 Å². The molecule has 0 radical (unpaired) electrons. The molecule has 1 rings (SSSR count). The summed E-state index contributed by atoms with van der Waals surface area (Å²) in [5, 5.41) is 0. The number of carbonyl (C=O) groups is 2. The summed E-state index contributed by atoms with van der Waals surface area (Å²) in [5.41, 5.74) is 0. The lowest BCUT2D eigenvalue weighted by Gasteiger charge is -2.30. The lowest BCUT2D eigenvalue weighted by Crippen LogP contribution is -2.42. The van der Waals surface area contributed by atoms with Crippen LogP contribution in [0.2, 0.25) is 0 Å². The maximum Gasteiger partial charge on any atom is 0.310 e. The second kappa shape index (κ2) is 5.53. The standard InChI is InChI=1S/C11H17NO3/c1-3-10(13)12-7-5-6-9(8-12)11(14)15-4-2/h3,9H,1,4-8H2,2H3/t9-/m0/s1. The first-order valence-corrected chi connectivity index (χ1v) is 5.27. The smallest absolute Gasteiger partial charge is 0.310 e. The second-order valence-electron chi connectivity index (χ2n) is 3.58. The molecule has 1 saturated heterocycles. The van der Waals surface area contributed by atoms with Crippen molar-refractivity contribution in [2.24, 2.45) is 5.92 Å². The van der Waals surface area contributed by atoms with E-state index in [4.69, 9.17) is 4.74 Å². The topological polar surface area (TPSA) is 46.6 Å². The molecule has 1 aliphatic rings. The van der Waals surface area contributed by atoms with Crippen LogP contribution < -0.4 is 0 Å². The minimum atomic E-state index is -0.195. The molecule has 0 N–H and O–H groups in total. The van der Waals surface area contributed by atoms with Gasteiger partial charge in [0.25, 0.3) is 0 Å². The molecule has 15 heavy (non-hydrogen) atoms. The van der Waals surface area contributed by atoms with E-state index in [1.165, 1.54) is 6.08 Å². The number of carbonyl (C=O) groups excluding carboxylic acids is 2. The zero-order valence-corrected chi connectivity index (χ0v) is 9.07. The highest BCUT2D eigenvalue weighted by atomic mass is 16.5. The van der Waals surface area contributed by atoms with E-state index >= 15 is 0 Å². The Morgan fingerprint density at radius 2 is 2.33 bits per heavy atom. The predicted molar refractivity (Wildman–Crippen MR) is 56.1 cm³/mol. The van der Waals surface area contributed by atoms with E-state index in [1.807, 2.05) is 0 Å². The molecule has 1 aliphatic heterocycles. The fourth-order valence-corrected chi connectivity index (χ4v) is 1.76. The van der Waals surface area contributed by atoms with Crippen molar-refractivity contribution < 1.29 is 14.3 Å². The molecule has 0 saturated carbocycles. The van der Waals surface area contributed by atoms with Crippen molar-refractivity contribution in [2.75, 3.05) is 19.7 Å². The monoisotopic (exact) mass is 211 g/mol. The Kier molecular flexibility index (Phi) is 4.34. The first kappa shape index (κ1) is 11.8. The van der Waals surface area contributed by atoms with Gasteiger partial charge < -0.3 is 9.64 Å². The van der Waals surface area contributed by atoms with Crippen molar-refractivity contribution >= 4 is 11.9 Å². The van der Waals surface area contributed by atoms with Crippen LogP contribution in [0, 0.1) is 5.92 Å². The zero-order valence-electron chi connectivity index (χ0n) is 9.07. The van der Waals surface area contributed by atoms with E-state index in [0.29, 0.717) is 19.7 Å². The third kappa shape index (κ3) is 3.08. The van der Waals surface area contributed by atoms with E-state index in [0.717, 1.165) is 12.8 Å². The van der Waals surface area contributed by atoms with Crippen LogP contribution in [0.15, 0.2) is 12.7 Å². The molecule has 4 nitrogen and oxygen atoms in total. The van der Waals surface area contributed by atoms with Gasteiger partial charge in [-0.25, -0.2) is 0 Å². The Balaban J connectivity index is 2.52. The van der Waals surface area contributed by atoms with Gasteiger partial charge in [-0.05, 0) is 25.8 Å². The molecule has 0 aliphatic carbocycles. The number of ether oxygens (including phenoxy) is 1. The molecule has 84 valence electrons. The Morgan fingerprint density at radius 3 is 2.93 bits per heavy atom. The average molecular weight is 211 g/mol. The Hall–Kier alpha value is -1.32. The molecule has 0 aromatic heterocycles. The number of esters is 1. The Labute approximate surface area is 89.9 Å². The number of likely N-dealkylation sites (tertiary alicyclic amines) is 1. The number of piperidine rings is 1. The lowest BCUT2D eigenvalue weighted by molar-refractivity contribution is -0.150. The highest BCUT2D eigenvalue weighted by Crippen LogP contribution is 2.17. The SMILES string of the molecule is C=CC(=O)N1CCC[C@H](C(=O)OCC)C1. The van der Waals surface area contributed by atoms with Gasteiger partial charge in [-0.1, -0.05) is 6.58 Å². The maximum absolute atomic E-state index is 11.5. The first-order valence-electron chi connectivity index (χ1n) is 5.27. The Bertz CT molecular complexity index is 263. The molecular formula is C11H17NO3. The van der Waals surface area contributed by atoms with Gasteiger partial charge in [-0.3, -0.25) is 9.59 Å². The zero-order chi connectivity index (χ0) is 11.3. The van der Waals surface area contributed by atoms with E-state index in [9.17, 15) is 9.59 Å². The molecule has 0 bridgehead atoms. The van der Waals surface area contributed by atoms with Gasteiger partial charge in [0.1, 0.15) is 0 Å². The first-order chi connectivity index (χ1) is 7.19. The fraction of sp³-hybridized carbons (Fsp3) is 0.636. The summed E-state index contributed by atoms with van der Waals surface area (Å²) in [6.45, 7) is 6.78. The van der Waals surface area contributed by atoms with E-state index in [2.05, 4.69) is 6.58 Å². The number of rotatable bonds is 3. The number of amides is 1. The number of nitrogens with zero attached hydrogens (tertiary/aromatic N) is 1. The third-order valence-corrected chi connectivity index (χ3v) is 2.53. The minimum Gasteiger partial charge on any atom is -0.466 e. The molecule has 0 aromatic rings. The van der Waals surface area contributed by atoms with Crippen molar-refractivity contribution in [3.05, 3.63) is 12.7 Å². The molecule has 0 unspecified atom stereocenters. The van der Waals surface area contributed by atoms with Crippen LogP contribution in [0.25, 0.3) is 0 Å². The van der Waals surface area contributed by atoms with Crippen LogP contribution in [0.3, 0.4) is 0 Å². The van der Waals surface area contributed by atoms with Crippen LogP contribution in [-0.2, 0) is 14.3 Å². The highest BCUT2D eigenvalue weighted by Gasteiger charge is 2.28. The van der Waals surface area contributed by atoms with Crippen molar-refractivity contribution in [1.29, 1.82) is 0 Å². The van der Waals surface area contributed by atoms with E-state index < -0.39 is 0 Å². The van der Waals surface area contributed by atoms with Crippen LogP contribution >= 0.6 is 0 Å². The summed E-state index contributed by atoms with van der Waals surface area (Å²) in [6.07, 6.45) is 2.94. The molecule has 0 spiro atoms. The molecular weight excluding hydrogens is 194 g/mol. The predicted octanol–water partition coefficient (Wildman–Crippen LogP) is 0.974.